The number of rotatable bonds is 4. The fraction of sp³-hybridized carbons (Fsp3) is 0.0667. The molecule has 3 N–H and O–H groups in total. The van der Waals surface area contributed by atoms with Crippen LogP contribution in [0.4, 0.5) is 0 Å². The Morgan fingerprint density at radius 1 is 0.739 bits per heavy atom. The summed E-state index contributed by atoms with van der Waals surface area (Å²) in [5.74, 6) is -5.10. The number of aromatic carboxylic acids is 3. The Hall–Kier alpha value is -3.42. The molecule has 0 radical (unpaired) electrons. The van der Waals surface area contributed by atoms with Crippen molar-refractivity contribution in [3.05, 3.63) is 46.5 Å². The molecule has 2 rings (SSSR count). The van der Waals surface area contributed by atoms with Gasteiger partial charge in [-0.3, -0.25) is 0 Å². The average molecular weight is 318 g/mol. The van der Waals surface area contributed by atoms with Crippen molar-refractivity contribution in [2.75, 3.05) is 7.11 Å². The number of carboxylic acid groups (broad SMARTS) is 3. The van der Waals surface area contributed by atoms with Crippen molar-refractivity contribution in [2.24, 2.45) is 0 Å². The summed E-state index contributed by atoms with van der Waals surface area (Å²) in [6.07, 6.45) is 0. The van der Waals surface area contributed by atoms with Gasteiger partial charge in [0.15, 0.2) is 0 Å². The number of carbonyl (C=O) groups is 4. The molecule has 8 nitrogen and oxygen atoms in total. The number of esters is 1. The third-order valence-electron chi connectivity index (χ3n) is 3.20. The first-order chi connectivity index (χ1) is 10.8. The highest BCUT2D eigenvalue weighted by atomic mass is 16.5. The number of hydrogen-bond acceptors (Lipinski definition) is 5. The monoisotopic (exact) mass is 318 g/mol. The van der Waals surface area contributed by atoms with Crippen LogP contribution in [0.2, 0.25) is 0 Å². The zero-order valence-electron chi connectivity index (χ0n) is 11.7. The number of hydrogen-bond donors (Lipinski definition) is 3. The topological polar surface area (TPSA) is 138 Å². The number of fused-ring (bicyclic) bond motifs is 1. The molecular formula is C15H10O8. The van der Waals surface area contributed by atoms with E-state index in [4.69, 9.17) is 10.2 Å². The van der Waals surface area contributed by atoms with Crippen molar-refractivity contribution in [3.63, 3.8) is 0 Å². The summed E-state index contributed by atoms with van der Waals surface area (Å²) < 4.78 is 4.55. The molecule has 0 unspecified atom stereocenters. The first-order valence-corrected chi connectivity index (χ1v) is 6.16. The lowest BCUT2D eigenvalue weighted by molar-refractivity contribution is 0.0600. The lowest BCUT2D eigenvalue weighted by Crippen LogP contribution is -2.09. The molecule has 118 valence electrons. The van der Waals surface area contributed by atoms with E-state index in [9.17, 15) is 24.3 Å². The maximum atomic E-state index is 11.9. The molecule has 0 saturated heterocycles. The van der Waals surface area contributed by atoms with Gasteiger partial charge < -0.3 is 20.1 Å². The van der Waals surface area contributed by atoms with Gasteiger partial charge in [-0.1, -0.05) is 0 Å². The fourth-order valence-corrected chi connectivity index (χ4v) is 2.16. The predicted octanol–water partition coefficient (Wildman–Crippen LogP) is 1.72. The Bertz CT molecular complexity index is 865. The molecule has 0 aliphatic carbocycles. The van der Waals surface area contributed by atoms with Gasteiger partial charge in [0.1, 0.15) is 0 Å². The molecule has 0 fully saturated rings. The van der Waals surface area contributed by atoms with Gasteiger partial charge in [-0.15, -0.1) is 0 Å². The van der Waals surface area contributed by atoms with E-state index in [1.807, 2.05) is 0 Å². The van der Waals surface area contributed by atoms with Crippen LogP contribution in [-0.4, -0.2) is 46.3 Å². The van der Waals surface area contributed by atoms with Crippen molar-refractivity contribution >= 4 is 34.6 Å². The Balaban J connectivity index is 3.01. The van der Waals surface area contributed by atoms with Gasteiger partial charge in [-0.2, -0.15) is 0 Å². The minimum atomic E-state index is -1.45. The molecule has 0 saturated carbocycles. The van der Waals surface area contributed by atoms with Crippen LogP contribution in [0.3, 0.4) is 0 Å². The number of benzene rings is 2. The fourth-order valence-electron chi connectivity index (χ4n) is 2.16. The van der Waals surface area contributed by atoms with E-state index in [1.54, 1.807) is 0 Å². The highest BCUT2D eigenvalue weighted by Crippen LogP contribution is 2.27. The molecule has 2 aromatic rings. The Kier molecular flexibility index (Phi) is 4.00. The average Bonchev–Trinajstić information content (AvgIpc) is 2.51. The highest BCUT2D eigenvalue weighted by Gasteiger charge is 2.21. The summed E-state index contributed by atoms with van der Waals surface area (Å²) in [5.41, 5.74) is -1.31. The van der Waals surface area contributed by atoms with Gasteiger partial charge in [-0.25, -0.2) is 19.2 Å². The smallest absolute Gasteiger partial charge is 0.338 e. The van der Waals surface area contributed by atoms with E-state index in [1.165, 1.54) is 0 Å². The highest BCUT2D eigenvalue weighted by molar-refractivity contribution is 6.15. The second kappa shape index (κ2) is 5.76. The normalized spacial score (nSPS) is 10.3. The van der Waals surface area contributed by atoms with E-state index in [-0.39, 0.29) is 27.5 Å². The standard InChI is InChI=1S/C15H10O8/c1-23-15(22)11-5-7(13(18)19)2-8-9(11)3-6(12(16)17)4-10(8)14(20)21/h2-5H,1H3,(H,16,17)(H,18,19)(H,20,21). The van der Waals surface area contributed by atoms with Crippen LogP contribution >= 0.6 is 0 Å². The molecular weight excluding hydrogens is 308 g/mol. The molecule has 2 aromatic carbocycles. The first kappa shape index (κ1) is 16.0. The summed E-state index contributed by atoms with van der Waals surface area (Å²) in [7, 11) is 1.07. The first-order valence-electron chi connectivity index (χ1n) is 6.16. The van der Waals surface area contributed by atoms with Crippen molar-refractivity contribution < 1.29 is 39.2 Å². The zero-order chi connectivity index (χ0) is 17.3. The van der Waals surface area contributed by atoms with Gasteiger partial charge >= 0.3 is 23.9 Å². The van der Waals surface area contributed by atoms with E-state index in [2.05, 4.69) is 4.74 Å². The summed E-state index contributed by atoms with van der Waals surface area (Å²) >= 11 is 0. The van der Waals surface area contributed by atoms with Crippen LogP contribution in [0.1, 0.15) is 41.4 Å². The molecule has 0 heterocycles. The van der Waals surface area contributed by atoms with Gasteiger partial charge in [0, 0.05) is 0 Å². The molecule has 0 aromatic heterocycles. The molecule has 8 heteroatoms. The molecule has 0 bridgehead atoms. The number of ether oxygens (including phenoxy) is 1. The van der Waals surface area contributed by atoms with Crippen molar-refractivity contribution in [1.29, 1.82) is 0 Å². The molecule has 0 aliphatic heterocycles. The van der Waals surface area contributed by atoms with Crippen LogP contribution < -0.4 is 0 Å². The molecule has 23 heavy (non-hydrogen) atoms. The summed E-state index contributed by atoms with van der Waals surface area (Å²) in [4.78, 5) is 45.5. The maximum absolute atomic E-state index is 11.9. The van der Waals surface area contributed by atoms with Crippen molar-refractivity contribution in [2.45, 2.75) is 0 Å². The van der Waals surface area contributed by atoms with E-state index >= 15 is 0 Å². The van der Waals surface area contributed by atoms with Crippen LogP contribution in [0.15, 0.2) is 24.3 Å². The van der Waals surface area contributed by atoms with E-state index in [0.717, 1.165) is 31.4 Å². The second-order valence-corrected chi connectivity index (χ2v) is 4.55. The number of methoxy groups -OCH3 is 1. The Morgan fingerprint density at radius 2 is 1.17 bits per heavy atom. The van der Waals surface area contributed by atoms with Crippen LogP contribution in [0.5, 0.6) is 0 Å². The number of carboxylic acids is 3. The quantitative estimate of drug-likeness (QED) is 0.724. The van der Waals surface area contributed by atoms with Gasteiger partial charge in [0.25, 0.3) is 0 Å². The summed E-state index contributed by atoms with van der Waals surface area (Å²) in [6, 6.07) is 4.08. The van der Waals surface area contributed by atoms with Gasteiger partial charge in [0.2, 0.25) is 0 Å². The zero-order valence-corrected chi connectivity index (χ0v) is 11.7. The molecule has 0 spiro atoms. The van der Waals surface area contributed by atoms with Crippen LogP contribution in [-0.2, 0) is 4.74 Å². The second-order valence-electron chi connectivity index (χ2n) is 4.55. The largest absolute Gasteiger partial charge is 0.478 e. The SMILES string of the molecule is COC(=O)c1cc(C(=O)O)cc2c(C(=O)O)cc(C(=O)O)cc12. The lowest BCUT2D eigenvalue weighted by Gasteiger charge is -2.10. The summed E-state index contributed by atoms with van der Waals surface area (Å²) in [5, 5.41) is 27.3. The molecule has 0 amide bonds. The lowest BCUT2D eigenvalue weighted by atomic mass is 9.94. The van der Waals surface area contributed by atoms with Gasteiger partial charge in [-0.05, 0) is 35.0 Å². The third-order valence-corrected chi connectivity index (χ3v) is 3.20. The third kappa shape index (κ3) is 2.82. The van der Waals surface area contributed by atoms with Crippen molar-refractivity contribution in [1.82, 2.24) is 0 Å². The van der Waals surface area contributed by atoms with Crippen LogP contribution in [0.25, 0.3) is 10.8 Å². The predicted molar refractivity (Wildman–Crippen MR) is 76.2 cm³/mol. The minimum Gasteiger partial charge on any atom is -0.478 e. The number of carbonyl (C=O) groups excluding carboxylic acids is 1. The maximum Gasteiger partial charge on any atom is 0.338 e. The van der Waals surface area contributed by atoms with Crippen molar-refractivity contribution in [3.8, 4) is 0 Å². The molecule has 0 aliphatic rings. The van der Waals surface area contributed by atoms with Crippen LogP contribution in [0, 0.1) is 0 Å². The van der Waals surface area contributed by atoms with Gasteiger partial charge in [0.05, 0.1) is 29.4 Å². The molecule has 0 atom stereocenters. The van der Waals surface area contributed by atoms with E-state index in [0.29, 0.717) is 0 Å². The summed E-state index contributed by atoms with van der Waals surface area (Å²) in [6.45, 7) is 0. The van der Waals surface area contributed by atoms with E-state index < -0.39 is 29.4 Å². The Labute approximate surface area is 128 Å². The Morgan fingerprint density at radius 3 is 1.57 bits per heavy atom. The minimum absolute atomic E-state index is 0.0147.